The van der Waals surface area contributed by atoms with Gasteiger partial charge in [-0.25, -0.2) is 4.99 Å². The van der Waals surface area contributed by atoms with Crippen molar-refractivity contribution in [3.63, 3.8) is 0 Å². The highest BCUT2D eigenvalue weighted by molar-refractivity contribution is 8.18. The van der Waals surface area contributed by atoms with Crippen molar-refractivity contribution in [3.8, 4) is 11.5 Å². The fourth-order valence-electron chi connectivity index (χ4n) is 2.78. The molecule has 0 aliphatic carbocycles. The number of aromatic hydroxyl groups is 1. The van der Waals surface area contributed by atoms with E-state index in [1.807, 2.05) is 13.0 Å². The zero-order chi connectivity index (χ0) is 22.4. The van der Waals surface area contributed by atoms with Crippen molar-refractivity contribution in [3.05, 3.63) is 71.2 Å². The van der Waals surface area contributed by atoms with Gasteiger partial charge in [0, 0.05) is 6.54 Å². The Kier molecular flexibility index (Phi) is 7.15. The molecular formula is C23H22N2O5S. The highest BCUT2D eigenvalue weighted by Gasteiger charge is 2.32. The van der Waals surface area contributed by atoms with Crippen LogP contribution < -0.4 is 4.74 Å². The van der Waals surface area contributed by atoms with Crippen molar-refractivity contribution in [2.24, 2.45) is 4.99 Å². The molecule has 1 amide bonds. The molecule has 0 saturated carbocycles. The minimum atomic E-state index is -0.918. The maximum atomic E-state index is 12.9. The summed E-state index contributed by atoms with van der Waals surface area (Å²) in [6.45, 7) is 5.96. The average molecular weight is 439 g/mol. The minimum Gasteiger partial charge on any atom is -0.506 e. The Morgan fingerprint density at radius 2 is 2.00 bits per heavy atom. The number of carbonyl (C=O) groups is 2. The molecule has 1 aliphatic heterocycles. The maximum absolute atomic E-state index is 12.9. The van der Waals surface area contributed by atoms with Gasteiger partial charge in [0.1, 0.15) is 17.2 Å². The van der Waals surface area contributed by atoms with E-state index in [4.69, 9.17) is 9.84 Å². The number of carbonyl (C=O) groups excluding carboxylic acids is 1. The summed E-state index contributed by atoms with van der Waals surface area (Å²) < 4.78 is 5.38. The molecule has 1 fully saturated rings. The van der Waals surface area contributed by atoms with Crippen molar-refractivity contribution in [2.45, 2.75) is 13.3 Å². The van der Waals surface area contributed by atoms with Crippen LogP contribution in [0.15, 0.2) is 65.0 Å². The molecule has 160 valence electrons. The minimum absolute atomic E-state index is 0.0509. The largest absolute Gasteiger partial charge is 0.506 e. The van der Waals surface area contributed by atoms with Crippen LogP contribution in [0.3, 0.4) is 0 Å². The van der Waals surface area contributed by atoms with Crippen molar-refractivity contribution in [2.75, 3.05) is 13.2 Å². The number of nitrogens with zero attached hydrogens (tertiary/aromatic N) is 2. The van der Waals surface area contributed by atoms with Gasteiger partial charge in [0.2, 0.25) is 0 Å². The fourth-order valence-corrected chi connectivity index (χ4v) is 3.78. The Morgan fingerprint density at radius 3 is 2.65 bits per heavy atom. The molecule has 2 aromatic rings. The third-order valence-electron chi connectivity index (χ3n) is 4.31. The molecule has 0 radical (unpaired) electrons. The molecule has 31 heavy (non-hydrogen) atoms. The summed E-state index contributed by atoms with van der Waals surface area (Å²) in [5.74, 6) is -0.509. The molecule has 2 N–H and O–H groups in total. The van der Waals surface area contributed by atoms with Gasteiger partial charge in [-0.1, -0.05) is 24.3 Å². The maximum Gasteiger partial charge on any atom is 0.306 e. The lowest BCUT2D eigenvalue weighted by Gasteiger charge is -2.13. The molecule has 1 saturated heterocycles. The molecule has 2 aromatic carbocycles. The quantitative estimate of drug-likeness (QED) is 0.470. The van der Waals surface area contributed by atoms with Crippen LogP contribution in [0.4, 0.5) is 5.69 Å². The van der Waals surface area contributed by atoms with Crippen LogP contribution in [0.5, 0.6) is 11.5 Å². The molecule has 3 rings (SSSR count). The summed E-state index contributed by atoms with van der Waals surface area (Å²) >= 11 is 1.22. The van der Waals surface area contributed by atoms with Crippen molar-refractivity contribution in [1.29, 1.82) is 0 Å². The molecule has 0 spiro atoms. The van der Waals surface area contributed by atoms with Crippen molar-refractivity contribution >= 4 is 40.6 Å². The van der Waals surface area contributed by atoms with E-state index in [9.17, 15) is 14.7 Å². The first kappa shape index (κ1) is 22.2. The van der Waals surface area contributed by atoms with Crippen LogP contribution in [-0.4, -0.2) is 45.3 Å². The number of rotatable bonds is 8. The lowest BCUT2D eigenvalue weighted by atomic mass is 10.2. The molecule has 0 aromatic heterocycles. The molecular weight excluding hydrogens is 416 g/mol. The number of hydrogen-bond acceptors (Lipinski definition) is 6. The van der Waals surface area contributed by atoms with E-state index in [1.165, 1.54) is 16.7 Å². The van der Waals surface area contributed by atoms with Crippen LogP contribution >= 0.6 is 11.8 Å². The summed E-state index contributed by atoms with van der Waals surface area (Å²) in [6, 6.07) is 12.2. The highest BCUT2D eigenvalue weighted by atomic mass is 32.2. The Balaban J connectivity index is 1.80. The number of thioether (sulfide) groups is 1. The van der Waals surface area contributed by atoms with Crippen LogP contribution in [-0.2, 0) is 9.59 Å². The molecule has 8 heteroatoms. The third-order valence-corrected chi connectivity index (χ3v) is 5.32. The van der Waals surface area contributed by atoms with Crippen molar-refractivity contribution < 1.29 is 24.5 Å². The normalized spacial score (nSPS) is 16.2. The number of carboxylic acids is 1. The van der Waals surface area contributed by atoms with Crippen LogP contribution in [0.1, 0.15) is 17.5 Å². The second kappa shape index (κ2) is 9.99. The predicted octanol–water partition coefficient (Wildman–Crippen LogP) is 4.34. The number of aryl methyl sites for hydroxylation is 1. The fraction of sp³-hybridized carbons (Fsp3) is 0.174. The van der Waals surface area contributed by atoms with E-state index in [0.29, 0.717) is 28.1 Å². The van der Waals surface area contributed by atoms with Gasteiger partial charge in [0.15, 0.2) is 5.17 Å². The number of aliphatic carboxylic acids is 1. The van der Waals surface area contributed by atoms with Gasteiger partial charge in [-0.3, -0.25) is 14.5 Å². The Hall–Kier alpha value is -3.52. The Labute approximate surface area is 184 Å². The average Bonchev–Trinajstić information content (AvgIpc) is 3.00. The Morgan fingerprint density at radius 1 is 1.26 bits per heavy atom. The molecule has 7 nitrogen and oxygen atoms in total. The number of phenols is 1. The van der Waals surface area contributed by atoms with Crippen LogP contribution in [0.25, 0.3) is 6.08 Å². The van der Waals surface area contributed by atoms with Gasteiger partial charge in [0.05, 0.1) is 17.9 Å². The van der Waals surface area contributed by atoms with E-state index in [2.05, 4.69) is 11.6 Å². The topological polar surface area (TPSA) is 99.4 Å². The molecule has 1 heterocycles. The van der Waals surface area contributed by atoms with Gasteiger partial charge >= 0.3 is 5.97 Å². The second-order valence-electron chi connectivity index (χ2n) is 6.76. The first-order chi connectivity index (χ1) is 14.9. The zero-order valence-corrected chi connectivity index (χ0v) is 17.8. The SMILES string of the molecule is C=CCN1C(=O)/C(=C/c2ccc(OCCC(=O)O)cc2)SC1=Nc1ccc(C)cc1O. The first-order valence-electron chi connectivity index (χ1n) is 9.52. The summed E-state index contributed by atoms with van der Waals surface area (Å²) in [7, 11) is 0. The molecule has 1 aliphatic rings. The second-order valence-corrected chi connectivity index (χ2v) is 7.77. The molecule has 0 bridgehead atoms. The van der Waals surface area contributed by atoms with E-state index in [1.54, 1.807) is 48.6 Å². The van der Waals surface area contributed by atoms with Crippen LogP contribution in [0, 0.1) is 6.92 Å². The number of carboxylic acid groups (broad SMARTS) is 1. The van der Waals surface area contributed by atoms with Crippen LogP contribution in [0.2, 0.25) is 0 Å². The van der Waals surface area contributed by atoms with E-state index in [-0.39, 0.29) is 24.7 Å². The lowest BCUT2D eigenvalue weighted by molar-refractivity contribution is -0.137. The van der Waals surface area contributed by atoms with Gasteiger partial charge in [-0.15, -0.1) is 6.58 Å². The predicted molar refractivity (Wildman–Crippen MR) is 122 cm³/mol. The van der Waals surface area contributed by atoms with Gasteiger partial charge in [-0.2, -0.15) is 0 Å². The lowest BCUT2D eigenvalue weighted by Crippen LogP contribution is -2.29. The zero-order valence-electron chi connectivity index (χ0n) is 16.9. The van der Waals surface area contributed by atoms with Gasteiger partial charge in [0.25, 0.3) is 5.91 Å². The third kappa shape index (κ3) is 5.76. The van der Waals surface area contributed by atoms with E-state index >= 15 is 0 Å². The monoisotopic (exact) mass is 438 g/mol. The number of hydrogen-bond donors (Lipinski definition) is 2. The van der Waals surface area contributed by atoms with Gasteiger partial charge < -0.3 is 14.9 Å². The van der Waals surface area contributed by atoms with E-state index < -0.39 is 5.97 Å². The van der Waals surface area contributed by atoms with Crippen molar-refractivity contribution in [1.82, 2.24) is 4.90 Å². The number of amidine groups is 1. The molecule has 0 atom stereocenters. The number of benzene rings is 2. The summed E-state index contributed by atoms with van der Waals surface area (Å²) in [4.78, 5) is 29.9. The summed E-state index contributed by atoms with van der Waals surface area (Å²) in [6.07, 6.45) is 3.30. The van der Waals surface area contributed by atoms with Gasteiger partial charge in [-0.05, 0) is 60.2 Å². The number of ether oxygens (including phenoxy) is 1. The highest BCUT2D eigenvalue weighted by Crippen LogP contribution is 2.36. The molecule has 0 unspecified atom stereocenters. The number of amides is 1. The van der Waals surface area contributed by atoms with E-state index in [0.717, 1.165) is 11.1 Å². The smallest absolute Gasteiger partial charge is 0.306 e. The summed E-state index contributed by atoms with van der Waals surface area (Å²) in [5, 5.41) is 19.3. The Bertz CT molecular complexity index is 1060. The number of phenolic OH excluding ortho intramolecular Hbond substituents is 1. The standard InChI is InChI=1S/C23H22N2O5S/c1-3-11-25-22(29)20(31-23(25)24-18-9-4-15(2)13-19(18)26)14-16-5-7-17(8-6-16)30-12-10-21(27)28/h3-9,13-14,26H,1,10-12H2,2H3,(H,27,28)/b20-14-,24-23?. The number of aliphatic imine (C=N–C) groups is 1. The first-order valence-corrected chi connectivity index (χ1v) is 10.3. The summed E-state index contributed by atoms with van der Waals surface area (Å²) in [5.41, 5.74) is 2.09.